The molecule has 4 heteroatoms. The molecular formula is C25H47NO3. The van der Waals surface area contributed by atoms with Crippen molar-refractivity contribution < 1.29 is 14.3 Å². The van der Waals surface area contributed by atoms with Gasteiger partial charge in [0.25, 0.3) is 0 Å². The van der Waals surface area contributed by atoms with E-state index < -0.39 is 0 Å². The number of rotatable bonds is 18. The number of hydrogen-bond donors (Lipinski definition) is 0. The van der Waals surface area contributed by atoms with Gasteiger partial charge < -0.3 is 9.64 Å². The van der Waals surface area contributed by atoms with E-state index in [-0.39, 0.29) is 17.9 Å². The SMILES string of the molecule is CCCCCCCCCCCCCCOC(=O)C1CCCN1C(=O)CCCCC. The van der Waals surface area contributed by atoms with Crippen LogP contribution in [0.3, 0.4) is 0 Å². The fraction of sp³-hybridized carbons (Fsp3) is 0.920. The summed E-state index contributed by atoms with van der Waals surface area (Å²) in [5.41, 5.74) is 0. The molecule has 170 valence electrons. The van der Waals surface area contributed by atoms with Gasteiger partial charge in [0.05, 0.1) is 6.61 Å². The second kappa shape index (κ2) is 17.8. The minimum Gasteiger partial charge on any atom is -0.464 e. The molecule has 29 heavy (non-hydrogen) atoms. The van der Waals surface area contributed by atoms with Crippen LogP contribution in [0.1, 0.15) is 129 Å². The summed E-state index contributed by atoms with van der Waals surface area (Å²) in [5, 5.41) is 0. The van der Waals surface area contributed by atoms with E-state index in [9.17, 15) is 9.59 Å². The Morgan fingerprint density at radius 1 is 0.759 bits per heavy atom. The number of carbonyl (C=O) groups excluding carboxylic acids is 2. The molecule has 0 aromatic rings. The van der Waals surface area contributed by atoms with Crippen molar-refractivity contribution in [1.82, 2.24) is 4.90 Å². The minimum absolute atomic E-state index is 0.128. The molecule has 0 radical (unpaired) electrons. The first-order chi connectivity index (χ1) is 14.2. The number of carbonyl (C=O) groups is 2. The van der Waals surface area contributed by atoms with E-state index in [4.69, 9.17) is 4.74 Å². The zero-order chi connectivity index (χ0) is 21.2. The smallest absolute Gasteiger partial charge is 0.328 e. The molecule has 1 amide bonds. The Morgan fingerprint density at radius 3 is 1.86 bits per heavy atom. The highest BCUT2D eigenvalue weighted by atomic mass is 16.5. The van der Waals surface area contributed by atoms with E-state index in [1.807, 2.05) is 0 Å². The van der Waals surface area contributed by atoms with E-state index in [0.717, 1.165) is 44.9 Å². The molecule has 0 N–H and O–H groups in total. The summed E-state index contributed by atoms with van der Waals surface area (Å²) < 4.78 is 5.49. The minimum atomic E-state index is -0.332. The topological polar surface area (TPSA) is 46.6 Å². The summed E-state index contributed by atoms with van der Waals surface area (Å²) >= 11 is 0. The largest absolute Gasteiger partial charge is 0.464 e. The summed E-state index contributed by atoms with van der Waals surface area (Å²) in [6.45, 7) is 5.62. The van der Waals surface area contributed by atoms with Crippen LogP contribution in [0.2, 0.25) is 0 Å². The van der Waals surface area contributed by atoms with E-state index >= 15 is 0 Å². The number of likely N-dealkylation sites (tertiary alicyclic amines) is 1. The van der Waals surface area contributed by atoms with Crippen molar-refractivity contribution in [3.05, 3.63) is 0 Å². The Kier molecular flexibility index (Phi) is 15.9. The highest BCUT2D eigenvalue weighted by Crippen LogP contribution is 2.21. The first-order valence-corrected chi connectivity index (χ1v) is 12.7. The lowest BCUT2D eigenvalue weighted by atomic mass is 10.1. The van der Waals surface area contributed by atoms with Crippen molar-refractivity contribution in [2.24, 2.45) is 0 Å². The summed E-state index contributed by atoms with van der Waals surface area (Å²) in [7, 11) is 0. The maximum Gasteiger partial charge on any atom is 0.328 e. The van der Waals surface area contributed by atoms with Crippen LogP contribution >= 0.6 is 0 Å². The van der Waals surface area contributed by atoms with Crippen LogP contribution in [0.25, 0.3) is 0 Å². The fourth-order valence-corrected chi connectivity index (χ4v) is 4.19. The maximum absolute atomic E-state index is 12.4. The molecule has 1 aliphatic rings. The van der Waals surface area contributed by atoms with Gasteiger partial charge in [0, 0.05) is 13.0 Å². The molecule has 1 rings (SSSR count). The molecule has 0 aromatic carbocycles. The van der Waals surface area contributed by atoms with Crippen LogP contribution in [0.4, 0.5) is 0 Å². The van der Waals surface area contributed by atoms with Crippen molar-refractivity contribution in [2.45, 2.75) is 135 Å². The summed E-state index contributed by atoms with van der Waals surface area (Å²) in [4.78, 5) is 26.5. The second-order valence-electron chi connectivity index (χ2n) is 8.76. The van der Waals surface area contributed by atoms with Crippen molar-refractivity contribution in [1.29, 1.82) is 0 Å². The summed E-state index contributed by atoms with van der Waals surface area (Å²) in [6, 6.07) is -0.332. The van der Waals surface area contributed by atoms with E-state index in [1.54, 1.807) is 4.90 Å². The third-order valence-electron chi connectivity index (χ3n) is 6.08. The fourth-order valence-electron chi connectivity index (χ4n) is 4.19. The van der Waals surface area contributed by atoms with Crippen molar-refractivity contribution in [3.63, 3.8) is 0 Å². The van der Waals surface area contributed by atoms with Gasteiger partial charge in [-0.15, -0.1) is 0 Å². The Morgan fingerprint density at radius 2 is 1.28 bits per heavy atom. The molecule has 0 aromatic heterocycles. The lowest BCUT2D eigenvalue weighted by Gasteiger charge is -2.23. The Bertz CT molecular complexity index is 424. The predicted octanol–water partition coefficient (Wildman–Crippen LogP) is 6.80. The second-order valence-corrected chi connectivity index (χ2v) is 8.76. The van der Waals surface area contributed by atoms with Gasteiger partial charge in [-0.25, -0.2) is 4.79 Å². The predicted molar refractivity (Wildman–Crippen MR) is 121 cm³/mol. The van der Waals surface area contributed by atoms with Crippen LogP contribution < -0.4 is 0 Å². The molecule has 1 aliphatic heterocycles. The van der Waals surface area contributed by atoms with Gasteiger partial charge in [-0.05, 0) is 25.7 Å². The van der Waals surface area contributed by atoms with E-state index in [0.29, 0.717) is 19.6 Å². The normalized spacial score (nSPS) is 16.3. The molecule has 1 unspecified atom stereocenters. The van der Waals surface area contributed by atoms with Crippen molar-refractivity contribution in [3.8, 4) is 0 Å². The monoisotopic (exact) mass is 409 g/mol. The van der Waals surface area contributed by atoms with Crippen LogP contribution in [-0.4, -0.2) is 36.0 Å². The van der Waals surface area contributed by atoms with Gasteiger partial charge in [-0.2, -0.15) is 0 Å². The average Bonchev–Trinajstić information content (AvgIpc) is 3.21. The number of nitrogens with zero attached hydrogens (tertiary/aromatic N) is 1. The zero-order valence-corrected chi connectivity index (χ0v) is 19.4. The first kappa shape index (κ1) is 26.0. The highest BCUT2D eigenvalue weighted by Gasteiger charge is 2.34. The zero-order valence-electron chi connectivity index (χ0n) is 19.4. The summed E-state index contributed by atoms with van der Waals surface area (Å²) in [5.74, 6) is -0.0577. The van der Waals surface area contributed by atoms with Gasteiger partial charge in [0.2, 0.25) is 5.91 Å². The maximum atomic E-state index is 12.4. The van der Waals surface area contributed by atoms with Crippen LogP contribution in [-0.2, 0) is 14.3 Å². The molecule has 4 nitrogen and oxygen atoms in total. The Labute approximate surface area is 180 Å². The van der Waals surface area contributed by atoms with Crippen LogP contribution in [0.5, 0.6) is 0 Å². The molecular weight excluding hydrogens is 362 g/mol. The number of unbranched alkanes of at least 4 members (excludes halogenated alkanes) is 13. The van der Waals surface area contributed by atoms with Gasteiger partial charge in [-0.1, -0.05) is 97.3 Å². The lowest BCUT2D eigenvalue weighted by molar-refractivity contribution is -0.153. The molecule has 0 bridgehead atoms. The molecule has 0 aliphatic carbocycles. The standard InChI is InChI=1S/C25H47NO3/c1-3-5-7-8-9-10-11-12-13-14-15-17-22-29-25(28)23-19-18-21-26(23)24(27)20-16-6-4-2/h23H,3-22H2,1-2H3. The number of ether oxygens (including phenoxy) is 1. The molecule has 1 atom stereocenters. The molecule has 0 saturated carbocycles. The highest BCUT2D eigenvalue weighted by molar-refractivity contribution is 5.85. The van der Waals surface area contributed by atoms with Gasteiger partial charge in [0.1, 0.15) is 6.04 Å². The molecule has 1 saturated heterocycles. The van der Waals surface area contributed by atoms with Crippen molar-refractivity contribution in [2.75, 3.05) is 13.2 Å². The Hall–Kier alpha value is -1.06. The molecule has 0 spiro atoms. The Balaban J connectivity index is 1.99. The van der Waals surface area contributed by atoms with Crippen LogP contribution in [0.15, 0.2) is 0 Å². The number of esters is 1. The quantitative estimate of drug-likeness (QED) is 0.185. The van der Waals surface area contributed by atoms with Gasteiger partial charge in [0.15, 0.2) is 0 Å². The number of amides is 1. The number of hydrogen-bond acceptors (Lipinski definition) is 3. The third-order valence-corrected chi connectivity index (χ3v) is 6.08. The third kappa shape index (κ3) is 12.3. The van der Waals surface area contributed by atoms with Crippen LogP contribution in [0, 0.1) is 0 Å². The van der Waals surface area contributed by atoms with E-state index in [1.165, 1.54) is 64.2 Å². The molecule has 1 heterocycles. The summed E-state index contributed by atoms with van der Waals surface area (Å²) in [6.07, 6.45) is 21.0. The van der Waals surface area contributed by atoms with Gasteiger partial charge in [-0.3, -0.25) is 4.79 Å². The lowest BCUT2D eigenvalue weighted by Crippen LogP contribution is -2.41. The first-order valence-electron chi connectivity index (χ1n) is 12.7. The average molecular weight is 410 g/mol. The van der Waals surface area contributed by atoms with Gasteiger partial charge >= 0.3 is 5.97 Å². The van der Waals surface area contributed by atoms with Crippen molar-refractivity contribution >= 4 is 11.9 Å². The van der Waals surface area contributed by atoms with E-state index in [2.05, 4.69) is 13.8 Å². The molecule has 1 fully saturated rings.